The number of para-hydroxylation sites is 1. The monoisotopic (exact) mass is 343 g/mol. The number of rotatable bonds is 6. The molecule has 7 nitrogen and oxygen atoms in total. The van der Waals surface area contributed by atoms with Crippen LogP contribution in [0.15, 0.2) is 42.7 Å². The molecule has 1 aliphatic rings. The number of hydrogen-bond donors (Lipinski definition) is 1. The Morgan fingerprint density at radius 2 is 2.08 bits per heavy atom. The van der Waals surface area contributed by atoms with Crippen molar-refractivity contribution in [1.29, 1.82) is 0 Å². The summed E-state index contributed by atoms with van der Waals surface area (Å²) in [6, 6.07) is 9.38. The minimum atomic E-state index is -0.919. The Kier molecular flexibility index (Phi) is 5.45. The molecule has 132 valence electrons. The maximum Gasteiger partial charge on any atom is 0.305 e. The maximum atomic E-state index is 12.5. The summed E-state index contributed by atoms with van der Waals surface area (Å²) in [7, 11) is 0. The summed E-state index contributed by atoms with van der Waals surface area (Å²) in [5.41, 5.74) is 1.94. The lowest BCUT2D eigenvalue weighted by atomic mass is 10.1. The van der Waals surface area contributed by atoms with Crippen molar-refractivity contribution < 1.29 is 19.4 Å². The van der Waals surface area contributed by atoms with E-state index in [0.717, 1.165) is 11.3 Å². The lowest BCUT2D eigenvalue weighted by Crippen LogP contribution is -2.49. The van der Waals surface area contributed by atoms with Crippen molar-refractivity contribution in [3.63, 3.8) is 0 Å². The molecule has 1 aliphatic heterocycles. The number of ether oxygens (including phenoxy) is 1. The third-order valence-corrected chi connectivity index (χ3v) is 4.24. The van der Waals surface area contributed by atoms with E-state index in [2.05, 4.69) is 5.10 Å². The van der Waals surface area contributed by atoms with Gasteiger partial charge in [0.2, 0.25) is 5.91 Å². The van der Waals surface area contributed by atoms with E-state index in [1.54, 1.807) is 15.8 Å². The lowest BCUT2D eigenvalue weighted by Gasteiger charge is -2.34. The van der Waals surface area contributed by atoms with Gasteiger partial charge in [-0.1, -0.05) is 18.2 Å². The van der Waals surface area contributed by atoms with Crippen LogP contribution >= 0.6 is 0 Å². The second-order valence-electron chi connectivity index (χ2n) is 6.04. The highest BCUT2D eigenvalue weighted by molar-refractivity contribution is 5.78. The van der Waals surface area contributed by atoms with Gasteiger partial charge in [-0.2, -0.15) is 5.10 Å². The summed E-state index contributed by atoms with van der Waals surface area (Å²) in [6.07, 6.45) is 4.49. The molecule has 1 fully saturated rings. The number of morpholine rings is 1. The summed E-state index contributed by atoms with van der Waals surface area (Å²) in [4.78, 5) is 25.1. The number of aromatic nitrogens is 2. The van der Waals surface area contributed by atoms with Crippen LogP contribution in [0, 0.1) is 0 Å². The van der Waals surface area contributed by atoms with E-state index in [0.29, 0.717) is 26.0 Å². The molecule has 1 saturated heterocycles. The fourth-order valence-corrected chi connectivity index (χ4v) is 2.96. The van der Waals surface area contributed by atoms with Crippen LogP contribution in [0.5, 0.6) is 0 Å². The number of carbonyl (C=O) groups is 2. The first kappa shape index (κ1) is 17.2. The van der Waals surface area contributed by atoms with Crippen LogP contribution in [0.1, 0.15) is 18.4 Å². The molecule has 0 spiro atoms. The van der Waals surface area contributed by atoms with Crippen molar-refractivity contribution >= 4 is 11.9 Å². The van der Waals surface area contributed by atoms with Crippen LogP contribution in [-0.4, -0.2) is 57.5 Å². The molecule has 2 aromatic rings. The number of aryl methyl sites for hydroxylation is 1. The summed E-state index contributed by atoms with van der Waals surface area (Å²) < 4.78 is 7.09. The SMILES string of the molecule is O=C(O)CC1COCCN1C(=O)CCc1cnn(-c2ccccc2)c1. The maximum absolute atomic E-state index is 12.5. The zero-order valence-corrected chi connectivity index (χ0v) is 13.9. The van der Waals surface area contributed by atoms with Gasteiger partial charge < -0.3 is 14.7 Å². The zero-order valence-electron chi connectivity index (χ0n) is 13.9. The van der Waals surface area contributed by atoms with Crippen molar-refractivity contribution in [2.45, 2.75) is 25.3 Å². The lowest BCUT2D eigenvalue weighted by molar-refractivity contribution is -0.146. The van der Waals surface area contributed by atoms with E-state index in [1.807, 2.05) is 36.5 Å². The van der Waals surface area contributed by atoms with Crippen molar-refractivity contribution in [2.24, 2.45) is 0 Å². The Bertz CT molecular complexity index is 729. The largest absolute Gasteiger partial charge is 0.481 e. The molecule has 25 heavy (non-hydrogen) atoms. The minimum absolute atomic E-state index is 0.0398. The van der Waals surface area contributed by atoms with Gasteiger partial charge in [0, 0.05) is 19.2 Å². The molecular formula is C18H21N3O4. The smallest absolute Gasteiger partial charge is 0.305 e. The summed E-state index contributed by atoms with van der Waals surface area (Å²) in [5.74, 6) is -0.959. The molecule has 2 heterocycles. The van der Waals surface area contributed by atoms with E-state index in [-0.39, 0.29) is 25.0 Å². The number of carbonyl (C=O) groups excluding carboxylic acids is 1. The van der Waals surface area contributed by atoms with Gasteiger partial charge in [0.1, 0.15) is 0 Å². The number of benzene rings is 1. The Balaban J connectivity index is 1.58. The van der Waals surface area contributed by atoms with E-state index in [4.69, 9.17) is 9.84 Å². The van der Waals surface area contributed by atoms with Crippen LogP contribution in [0.3, 0.4) is 0 Å². The molecule has 1 amide bonds. The van der Waals surface area contributed by atoms with Crippen molar-refractivity contribution in [1.82, 2.24) is 14.7 Å². The fourth-order valence-electron chi connectivity index (χ4n) is 2.96. The molecule has 0 radical (unpaired) electrons. The van der Waals surface area contributed by atoms with Gasteiger partial charge in [0.05, 0.1) is 37.6 Å². The molecule has 0 aliphatic carbocycles. The number of aliphatic carboxylic acids is 1. The number of nitrogens with zero attached hydrogens (tertiary/aromatic N) is 3. The van der Waals surface area contributed by atoms with E-state index >= 15 is 0 Å². The van der Waals surface area contributed by atoms with Crippen molar-refractivity contribution in [2.75, 3.05) is 19.8 Å². The molecule has 3 rings (SSSR count). The number of carboxylic acids is 1. The van der Waals surface area contributed by atoms with Gasteiger partial charge in [0.25, 0.3) is 0 Å². The average molecular weight is 343 g/mol. The Morgan fingerprint density at radius 3 is 2.84 bits per heavy atom. The zero-order chi connectivity index (χ0) is 17.6. The van der Waals surface area contributed by atoms with E-state index in [9.17, 15) is 9.59 Å². The summed E-state index contributed by atoms with van der Waals surface area (Å²) >= 11 is 0. The first-order valence-electron chi connectivity index (χ1n) is 8.31. The van der Waals surface area contributed by atoms with Crippen molar-refractivity contribution in [3.8, 4) is 5.69 Å². The topological polar surface area (TPSA) is 84.7 Å². The highest BCUT2D eigenvalue weighted by Gasteiger charge is 2.28. The standard InChI is InChI=1S/C18H21N3O4/c22-17(20-8-9-25-13-16(20)10-18(23)24)7-6-14-11-19-21(12-14)15-4-2-1-3-5-15/h1-5,11-12,16H,6-10,13H2,(H,23,24). The van der Waals surface area contributed by atoms with E-state index < -0.39 is 5.97 Å². The Labute approximate surface area is 145 Å². The van der Waals surface area contributed by atoms with Gasteiger partial charge in [-0.05, 0) is 24.1 Å². The quantitative estimate of drug-likeness (QED) is 0.859. The summed E-state index contributed by atoms with van der Waals surface area (Å²) in [6.45, 7) is 1.18. The first-order valence-corrected chi connectivity index (χ1v) is 8.31. The van der Waals surface area contributed by atoms with Crippen LogP contribution in [0.25, 0.3) is 5.69 Å². The van der Waals surface area contributed by atoms with Gasteiger partial charge in [-0.25, -0.2) is 4.68 Å². The third-order valence-electron chi connectivity index (χ3n) is 4.24. The van der Waals surface area contributed by atoms with Gasteiger partial charge in [-0.15, -0.1) is 0 Å². The van der Waals surface area contributed by atoms with Crippen LogP contribution in [0.4, 0.5) is 0 Å². The molecule has 1 unspecified atom stereocenters. The number of amides is 1. The predicted molar refractivity (Wildman–Crippen MR) is 90.5 cm³/mol. The van der Waals surface area contributed by atoms with Crippen LogP contribution in [0.2, 0.25) is 0 Å². The van der Waals surface area contributed by atoms with Gasteiger partial charge >= 0.3 is 5.97 Å². The predicted octanol–water partition coefficient (Wildman–Crippen LogP) is 1.51. The molecule has 1 aromatic carbocycles. The number of hydrogen-bond acceptors (Lipinski definition) is 4. The van der Waals surface area contributed by atoms with Gasteiger partial charge in [0.15, 0.2) is 0 Å². The highest BCUT2D eigenvalue weighted by Crippen LogP contribution is 2.14. The first-order chi connectivity index (χ1) is 12.1. The fraction of sp³-hybridized carbons (Fsp3) is 0.389. The van der Waals surface area contributed by atoms with Crippen LogP contribution < -0.4 is 0 Å². The molecule has 1 atom stereocenters. The molecule has 7 heteroatoms. The van der Waals surface area contributed by atoms with Gasteiger partial charge in [-0.3, -0.25) is 9.59 Å². The van der Waals surface area contributed by atoms with E-state index in [1.165, 1.54) is 0 Å². The van der Waals surface area contributed by atoms with Crippen LogP contribution in [-0.2, 0) is 20.7 Å². The second kappa shape index (κ2) is 7.94. The highest BCUT2D eigenvalue weighted by atomic mass is 16.5. The minimum Gasteiger partial charge on any atom is -0.481 e. The Morgan fingerprint density at radius 1 is 1.28 bits per heavy atom. The molecule has 0 bridgehead atoms. The van der Waals surface area contributed by atoms with Crippen molar-refractivity contribution in [3.05, 3.63) is 48.3 Å². The second-order valence-corrected chi connectivity index (χ2v) is 6.04. The third kappa shape index (κ3) is 4.45. The molecule has 0 saturated carbocycles. The average Bonchev–Trinajstić information content (AvgIpc) is 3.09. The summed E-state index contributed by atoms with van der Waals surface area (Å²) in [5, 5.41) is 13.3. The number of carboxylic acid groups (broad SMARTS) is 1. The normalized spacial score (nSPS) is 17.4. The Hall–Kier alpha value is -2.67. The molecular weight excluding hydrogens is 322 g/mol. The molecule has 1 aromatic heterocycles. The molecule has 1 N–H and O–H groups in total.